The molecule has 0 saturated carbocycles. The molecule has 0 amide bonds. The van der Waals surface area contributed by atoms with Crippen molar-refractivity contribution in [2.45, 2.75) is 18.8 Å². The molecule has 1 atom stereocenters. The number of rotatable bonds is 6. The SMILES string of the molecule is C=CC[C@@](C(=O)O)(C(=O)OCC)c1ccccc1. The zero-order valence-corrected chi connectivity index (χ0v) is 10.3. The number of carboxylic acids is 1. The molecule has 0 unspecified atom stereocenters. The molecule has 0 radical (unpaired) electrons. The van der Waals surface area contributed by atoms with Gasteiger partial charge in [0.05, 0.1) is 6.61 Å². The zero-order valence-electron chi connectivity index (χ0n) is 10.3. The molecule has 0 aliphatic heterocycles. The lowest BCUT2D eigenvalue weighted by molar-refractivity contribution is -0.161. The van der Waals surface area contributed by atoms with Crippen LogP contribution in [0, 0.1) is 0 Å². The highest BCUT2D eigenvalue weighted by Crippen LogP contribution is 2.30. The molecule has 0 aromatic heterocycles. The van der Waals surface area contributed by atoms with Crippen LogP contribution in [0.2, 0.25) is 0 Å². The molecule has 0 fully saturated rings. The van der Waals surface area contributed by atoms with Crippen molar-refractivity contribution in [3.63, 3.8) is 0 Å². The maximum atomic E-state index is 12.0. The van der Waals surface area contributed by atoms with Gasteiger partial charge in [-0.05, 0) is 18.9 Å². The predicted octanol–water partition coefficient (Wildman–Crippen LogP) is 2.15. The topological polar surface area (TPSA) is 63.6 Å². The van der Waals surface area contributed by atoms with Gasteiger partial charge in [0, 0.05) is 0 Å². The summed E-state index contributed by atoms with van der Waals surface area (Å²) < 4.78 is 4.91. The van der Waals surface area contributed by atoms with Gasteiger partial charge in [-0.1, -0.05) is 36.4 Å². The van der Waals surface area contributed by atoms with Crippen LogP contribution in [-0.2, 0) is 19.7 Å². The summed E-state index contributed by atoms with van der Waals surface area (Å²) in [6.45, 7) is 5.30. The molecule has 4 nitrogen and oxygen atoms in total. The smallest absolute Gasteiger partial charge is 0.328 e. The molecular weight excluding hydrogens is 232 g/mol. The van der Waals surface area contributed by atoms with E-state index >= 15 is 0 Å². The number of hydrogen-bond donors (Lipinski definition) is 1. The molecule has 0 bridgehead atoms. The minimum atomic E-state index is -1.71. The summed E-state index contributed by atoms with van der Waals surface area (Å²) in [5, 5.41) is 9.46. The van der Waals surface area contributed by atoms with Gasteiger partial charge in [0.2, 0.25) is 0 Å². The third-order valence-electron chi connectivity index (χ3n) is 2.71. The molecule has 1 aromatic rings. The third-order valence-corrected chi connectivity index (χ3v) is 2.71. The highest BCUT2D eigenvalue weighted by Gasteiger charge is 2.48. The zero-order chi connectivity index (χ0) is 13.6. The number of carbonyl (C=O) groups is 2. The normalized spacial score (nSPS) is 13.4. The third kappa shape index (κ3) is 2.42. The van der Waals surface area contributed by atoms with Crippen molar-refractivity contribution in [2.24, 2.45) is 0 Å². The number of carbonyl (C=O) groups excluding carboxylic acids is 1. The maximum absolute atomic E-state index is 12.0. The number of ether oxygens (including phenoxy) is 1. The highest BCUT2D eigenvalue weighted by molar-refractivity contribution is 6.05. The lowest BCUT2D eigenvalue weighted by Crippen LogP contribution is -2.44. The predicted molar refractivity (Wildman–Crippen MR) is 67.2 cm³/mol. The number of aliphatic carboxylic acids is 1. The fraction of sp³-hybridized carbons (Fsp3) is 0.286. The molecule has 0 heterocycles. The number of hydrogen-bond acceptors (Lipinski definition) is 3. The Balaban J connectivity index is 3.35. The number of benzene rings is 1. The van der Waals surface area contributed by atoms with E-state index in [0.717, 1.165) is 0 Å². The Morgan fingerprint density at radius 2 is 2.00 bits per heavy atom. The Hall–Kier alpha value is -2.10. The Bertz CT molecular complexity index is 438. The van der Waals surface area contributed by atoms with Crippen LogP contribution in [0.3, 0.4) is 0 Å². The van der Waals surface area contributed by atoms with E-state index in [2.05, 4.69) is 6.58 Å². The Labute approximate surface area is 106 Å². The van der Waals surface area contributed by atoms with Crippen molar-refractivity contribution in [3.05, 3.63) is 48.6 Å². The van der Waals surface area contributed by atoms with Crippen LogP contribution < -0.4 is 0 Å². The fourth-order valence-electron chi connectivity index (χ4n) is 1.81. The van der Waals surface area contributed by atoms with Crippen LogP contribution in [0.1, 0.15) is 18.9 Å². The molecular formula is C14H16O4. The molecule has 4 heteroatoms. The summed E-state index contributed by atoms with van der Waals surface area (Å²) >= 11 is 0. The second kappa shape index (κ2) is 6.00. The van der Waals surface area contributed by atoms with Gasteiger partial charge < -0.3 is 9.84 Å². The summed E-state index contributed by atoms with van der Waals surface area (Å²) in [6.07, 6.45) is 1.41. The van der Waals surface area contributed by atoms with Crippen molar-refractivity contribution in [1.29, 1.82) is 0 Å². The van der Waals surface area contributed by atoms with E-state index in [-0.39, 0.29) is 13.0 Å². The van der Waals surface area contributed by atoms with Gasteiger partial charge >= 0.3 is 11.9 Å². The van der Waals surface area contributed by atoms with E-state index in [1.807, 2.05) is 0 Å². The summed E-state index contributed by atoms with van der Waals surface area (Å²) in [6, 6.07) is 8.35. The van der Waals surface area contributed by atoms with Crippen molar-refractivity contribution in [3.8, 4) is 0 Å². The second-order valence-corrected chi connectivity index (χ2v) is 3.79. The average molecular weight is 248 g/mol. The molecule has 1 rings (SSSR count). The molecule has 96 valence electrons. The molecule has 1 aromatic carbocycles. The van der Waals surface area contributed by atoms with Crippen LogP contribution in [-0.4, -0.2) is 23.7 Å². The minimum absolute atomic E-state index is 0.00875. The quantitative estimate of drug-likeness (QED) is 0.476. The van der Waals surface area contributed by atoms with E-state index < -0.39 is 17.4 Å². The lowest BCUT2D eigenvalue weighted by atomic mass is 9.77. The number of carboxylic acid groups (broad SMARTS) is 1. The monoisotopic (exact) mass is 248 g/mol. The van der Waals surface area contributed by atoms with E-state index in [1.165, 1.54) is 6.08 Å². The van der Waals surface area contributed by atoms with Gasteiger partial charge in [0.25, 0.3) is 0 Å². The van der Waals surface area contributed by atoms with Gasteiger partial charge in [-0.15, -0.1) is 6.58 Å². The van der Waals surface area contributed by atoms with E-state index in [9.17, 15) is 14.7 Å². The first-order valence-corrected chi connectivity index (χ1v) is 5.66. The standard InChI is InChI=1S/C14H16O4/c1-3-10-14(12(15)16,13(17)18-4-2)11-8-6-5-7-9-11/h3,5-9H,1,4,10H2,2H3,(H,15,16)/t14-/m1/s1. The van der Waals surface area contributed by atoms with E-state index in [0.29, 0.717) is 5.56 Å². The van der Waals surface area contributed by atoms with Crippen LogP contribution >= 0.6 is 0 Å². The molecule has 18 heavy (non-hydrogen) atoms. The molecule has 0 saturated heterocycles. The molecule has 0 aliphatic rings. The van der Waals surface area contributed by atoms with Crippen molar-refractivity contribution >= 4 is 11.9 Å². The summed E-state index contributed by atoms with van der Waals surface area (Å²) in [5.41, 5.74) is -1.31. The molecule has 1 N–H and O–H groups in total. The highest BCUT2D eigenvalue weighted by atomic mass is 16.5. The first kappa shape index (κ1) is 14.0. The summed E-state index contributed by atoms with van der Waals surface area (Å²) in [7, 11) is 0. The first-order chi connectivity index (χ1) is 8.59. The Kier molecular flexibility index (Phi) is 4.66. The van der Waals surface area contributed by atoms with Gasteiger partial charge in [-0.25, -0.2) is 0 Å². The lowest BCUT2D eigenvalue weighted by Gasteiger charge is -2.26. The molecule has 0 aliphatic carbocycles. The van der Waals surface area contributed by atoms with Crippen LogP contribution in [0.5, 0.6) is 0 Å². The largest absolute Gasteiger partial charge is 0.480 e. The molecule has 0 spiro atoms. The van der Waals surface area contributed by atoms with Crippen molar-refractivity contribution < 1.29 is 19.4 Å². The summed E-state index contributed by atoms with van der Waals surface area (Å²) in [5.74, 6) is -1.99. The van der Waals surface area contributed by atoms with Crippen molar-refractivity contribution in [2.75, 3.05) is 6.61 Å². The van der Waals surface area contributed by atoms with Gasteiger partial charge in [0.1, 0.15) is 0 Å². The number of allylic oxidation sites excluding steroid dienone is 1. The Morgan fingerprint density at radius 1 is 1.39 bits per heavy atom. The van der Waals surface area contributed by atoms with Crippen LogP contribution in [0.25, 0.3) is 0 Å². The Morgan fingerprint density at radius 3 is 2.44 bits per heavy atom. The van der Waals surface area contributed by atoms with Crippen LogP contribution in [0.15, 0.2) is 43.0 Å². The van der Waals surface area contributed by atoms with Crippen LogP contribution in [0.4, 0.5) is 0 Å². The van der Waals surface area contributed by atoms with E-state index in [1.54, 1.807) is 37.3 Å². The van der Waals surface area contributed by atoms with Gasteiger partial charge in [-0.2, -0.15) is 0 Å². The first-order valence-electron chi connectivity index (χ1n) is 5.66. The number of esters is 1. The minimum Gasteiger partial charge on any atom is -0.480 e. The van der Waals surface area contributed by atoms with Gasteiger partial charge in [0.15, 0.2) is 5.41 Å². The van der Waals surface area contributed by atoms with E-state index in [4.69, 9.17) is 4.74 Å². The maximum Gasteiger partial charge on any atom is 0.328 e. The fourth-order valence-corrected chi connectivity index (χ4v) is 1.81. The average Bonchev–Trinajstić information content (AvgIpc) is 2.36. The summed E-state index contributed by atoms with van der Waals surface area (Å²) in [4.78, 5) is 23.6. The van der Waals surface area contributed by atoms with Crippen molar-refractivity contribution in [1.82, 2.24) is 0 Å². The second-order valence-electron chi connectivity index (χ2n) is 3.79. The van der Waals surface area contributed by atoms with Gasteiger partial charge in [-0.3, -0.25) is 9.59 Å².